The van der Waals surface area contributed by atoms with E-state index in [1.54, 1.807) is 23.1 Å². The first-order valence-electron chi connectivity index (χ1n) is 9.61. The summed E-state index contributed by atoms with van der Waals surface area (Å²) >= 11 is 0. The average molecular weight is 375 g/mol. The fourth-order valence-electron chi connectivity index (χ4n) is 3.68. The fourth-order valence-corrected chi connectivity index (χ4v) is 3.68. The van der Waals surface area contributed by atoms with Crippen molar-refractivity contribution in [1.82, 2.24) is 15.1 Å². The number of piperidine rings is 1. The van der Waals surface area contributed by atoms with Crippen LogP contribution >= 0.6 is 0 Å². The second kappa shape index (κ2) is 8.97. The van der Waals surface area contributed by atoms with Crippen LogP contribution in [0.2, 0.25) is 0 Å². The van der Waals surface area contributed by atoms with Crippen molar-refractivity contribution in [1.29, 1.82) is 0 Å². The van der Waals surface area contributed by atoms with Crippen molar-refractivity contribution >= 4 is 17.7 Å². The number of hydrogen-bond donors (Lipinski definition) is 1. The highest BCUT2D eigenvalue weighted by Gasteiger charge is 2.30. The van der Waals surface area contributed by atoms with Crippen molar-refractivity contribution in [2.45, 2.75) is 38.6 Å². The second-order valence-corrected chi connectivity index (χ2v) is 7.23. The summed E-state index contributed by atoms with van der Waals surface area (Å²) < 4.78 is 13.8. The van der Waals surface area contributed by atoms with Crippen LogP contribution in [0.15, 0.2) is 24.3 Å². The zero-order chi connectivity index (χ0) is 19.2. The largest absolute Gasteiger partial charge is 0.356 e. The molecule has 2 saturated heterocycles. The van der Waals surface area contributed by atoms with Crippen LogP contribution < -0.4 is 5.32 Å². The number of carbonyl (C=O) groups excluding carboxylic acids is 3. The lowest BCUT2D eigenvalue weighted by Gasteiger charge is -2.32. The van der Waals surface area contributed by atoms with Gasteiger partial charge in [-0.1, -0.05) is 18.2 Å². The molecule has 3 amide bonds. The molecule has 2 aliphatic heterocycles. The lowest BCUT2D eigenvalue weighted by atomic mass is 9.96. The van der Waals surface area contributed by atoms with Crippen LogP contribution in [0.5, 0.6) is 0 Å². The van der Waals surface area contributed by atoms with Crippen molar-refractivity contribution in [3.63, 3.8) is 0 Å². The predicted octanol–water partition coefficient (Wildman–Crippen LogP) is 1.69. The topological polar surface area (TPSA) is 69.7 Å². The molecule has 7 heteroatoms. The lowest BCUT2D eigenvalue weighted by Crippen LogP contribution is -2.45. The maximum absolute atomic E-state index is 13.8. The van der Waals surface area contributed by atoms with Gasteiger partial charge in [0.25, 0.3) is 0 Å². The molecule has 1 atom stereocenters. The minimum atomic E-state index is -0.340. The molecule has 2 aliphatic rings. The highest BCUT2D eigenvalue weighted by Crippen LogP contribution is 2.21. The second-order valence-electron chi connectivity index (χ2n) is 7.23. The number of nitrogens with one attached hydrogen (secondary N) is 1. The Balaban J connectivity index is 1.45. The summed E-state index contributed by atoms with van der Waals surface area (Å²) in [6.07, 6.45) is 3.08. The summed E-state index contributed by atoms with van der Waals surface area (Å²) in [6, 6.07) is 6.38. The quantitative estimate of drug-likeness (QED) is 0.738. The van der Waals surface area contributed by atoms with Crippen LogP contribution in [-0.2, 0) is 20.9 Å². The fraction of sp³-hybridized carbons (Fsp3) is 0.550. The van der Waals surface area contributed by atoms with Crippen molar-refractivity contribution in [2.75, 3.05) is 26.2 Å². The first-order chi connectivity index (χ1) is 13.0. The Labute approximate surface area is 158 Å². The summed E-state index contributed by atoms with van der Waals surface area (Å²) in [4.78, 5) is 39.5. The molecule has 1 N–H and O–H groups in total. The Morgan fingerprint density at radius 1 is 1.15 bits per heavy atom. The van der Waals surface area contributed by atoms with Gasteiger partial charge in [0.1, 0.15) is 5.82 Å². The van der Waals surface area contributed by atoms with E-state index < -0.39 is 0 Å². The van der Waals surface area contributed by atoms with E-state index in [2.05, 4.69) is 5.32 Å². The number of nitrogens with zero attached hydrogens (tertiary/aromatic N) is 2. The van der Waals surface area contributed by atoms with E-state index in [1.165, 1.54) is 6.07 Å². The normalized spacial score (nSPS) is 20.3. The molecule has 6 nitrogen and oxygen atoms in total. The Kier molecular flexibility index (Phi) is 6.42. The van der Waals surface area contributed by atoms with Crippen molar-refractivity contribution in [3.05, 3.63) is 35.6 Å². The molecule has 0 saturated carbocycles. The van der Waals surface area contributed by atoms with Crippen LogP contribution in [-0.4, -0.2) is 53.7 Å². The van der Waals surface area contributed by atoms with Crippen LogP contribution in [0.1, 0.15) is 37.7 Å². The van der Waals surface area contributed by atoms with E-state index >= 15 is 0 Å². The molecule has 1 aromatic rings. The van der Waals surface area contributed by atoms with Gasteiger partial charge < -0.3 is 15.1 Å². The number of amides is 3. The van der Waals surface area contributed by atoms with E-state index in [4.69, 9.17) is 0 Å². The molecule has 3 rings (SSSR count). The number of rotatable bonds is 7. The zero-order valence-electron chi connectivity index (χ0n) is 15.5. The van der Waals surface area contributed by atoms with Gasteiger partial charge in [-0.05, 0) is 25.3 Å². The van der Waals surface area contributed by atoms with Gasteiger partial charge in [-0.2, -0.15) is 0 Å². The number of hydrogen-bond acceptors (Lipinski definition) is 3. The highest BCUT2D eigenvalue weighted by atomic mass is 19.1. The monoisotopic (exact) mass is 375 g/mol. The maximum Gasteiger partial charge on any atom is 0.224 e. The lowest BCUT2D eigenvalue weighted by molar-refractivity contribution is -0.139. The van der Waals surface area contributed by atoms with Gasteiger partial charge in [-0.25, -0.2) is 4.39 Å². The predicted molar refractivity (Wildman–Crippen MR) is 98.0 cm³/mol. The van der Waals surface area contributed by atoms with Crippen LogP contribution in [0.4, 0.5) is 4.39 Å². The standard InChI is InChI=1S/C20H26FN3O3/c21-17-6-2-1-5-15(17)13-24-14-16(8-9-19(24)26)20(27)22-10-4-12-23-11-3-7-18(23)25/h1-2,5-6,16H,3-4,7-14H2,(H,22,27)/t16-/m1/s1. The zero-order valence-corrected chi connectivity index (χ0v) is 15.5. The Morgan fingerprint density at radius 3 is 2.67 bits per heavy atom. The molecule has 0 spiro atoms. The third-order valence-electron chi connectivity index (χ3n) is 5.27. The van der Waals surface area contributed by atoms with Crippen molar-refractivity contribution < 1.29 is 18.8 Å². The minimum Gasteiger partial charge on any atom is -0.356 e. The van der Waals surface area contributed by atoms with Crippen LogP contribution in [0, 0.1) is 11.7 Å². The molecule has 2 fully saturated rings. The van der Waals surface area contributed by atoms with Crippen LogP contribution in [0.25, 0.3) is 0 Å². The molecule has 0 unspecified atom stereocenters. The molecule has 0 aliphatic carbocycles. The summed E-state index contributed by atoms with van der Waals surface area (Å²) in [5.74, 6) is -0.546. The van der Waals surface area contributed by atoms with Crippen LogP contribution in [0.3, 0.4) is 0 Å². The summed E-state index contributed by atoms with van der Waals surface area (Å²) in [6.45, 7) is 2.49. The van der Waals surface area contributed by atoms with E-state index in [1.807, 2.05) is 4.90 Å². The van der Waals surface area contributed by atoms with E-state index in [9.17, 15) is 18.8 Å². The third kappa shape index (κ3) is 5.05. The molecule has 0 aromatic heterocycles. The highest BCUT2D eigenvalue weighted by molar-refractivity contribution is 5.83. The molecule has 146 valence electrons. The number of carbonyl (C=O) groups is 3. The summed E-state index contributed by atoms with van der Waals surface area (Å²) in [5.41, 5.74) is 0.460. The van der Waals surface area contributed by atoms with Gasteiger partial charge in [0.2, 0.25) is 17.7 Å². The van der Waals surface area contributed by atoms with Gasteiger partial charge in [0.05, 0.1) is 5.92 Å². The minimum absolute atomic E-state index is 0.0464. The van der Waals surface area contributed by atoms with Gasteiger partial charge in [0, 0.05) is 51.1 Å². The Hall–Kier alpha value is -2.44. The van der Waals surface area contributed by atoms with E-state index in [0.29, 0.717) is 44.5 Å². The average Bonchev–Trinajstić information content (AvgIpc) is 3.07. The van der Waals surface area contributed by atoms with E-state index in [0.717, 1.165) is 19.4 Å². The number of likely N-dealkylation sites (tertiary alicyclic amines) is 2. The third-order valence-corrected chi connectivity index (χ3v) is 5.27. The maximum atomic E-state index is 13.8. The number of benzene rings is 1. The molecule has 27 heavy (non-hydrogen) atoms. The van der Waals surface area contributed by atoms with Gasteiger partial charge >= 0.3 is 0 Å². The summed E-state index contributed by atoms with van der Waals surface area (Å²) in [7, 11) is 0. The SMILES string of the molecule is O=C(NCCCN1CCCC1=O)[C@@H]1CCC(=O)N(Cc2ccccc2F)C1. The van der Waals surface area contributed by atoms with Gasteiger partial charge in [0.15, 0.2) is 0 Å². The molecule has 2 heterocycles. The van der Waals surface area contributed by atoms with Crippen molar-refractivity contribution in [3.8, 4) is 0 Å². The Morgan fingerprint density at radius 2 is 1.93 bits per heavy atom. The molecule has 1 aromatic carbocycles. The van der Waals surface area contributed by atoms with Crippen molar-refractivity contribution in [2.24, 2.45) is 5.92 Å². The molecular formula is C20H26FN3O3. The first-order valence-corrected chi connectivity index (χ1v) is 9.61. The molecular weight excluding hydrogens is 349 g/mol. The van der Waals surface area contributed by atoms with E-state index in [-0.39, 0.29) is 36.0 Å². The molecule has 0 radical (unpaired) electrons. The Bertz CT molecular complexity index is 709. The summed E-state index contributed by atoms with van der Waals surface area (Å²) in [5, 5.41) is 2.91. The van der Waals surface area contributed by atoms with Gasteiger partial charge in [-0.3, -0.25) is 14.4 Å². The number of halogens is 1. The molecule has 0 bridgehead atoms. The van der Waals surface area contributed by atoms with Gasteiger partial charge in [-0.15, -0.1) is 0 Å². The first kappa shape index (κ1) is 19.3. The smallest absolute Gasteiger partial charge is 0.224 e.